The Morgan fingerprint density at radius 1 is 1.32 bits per heavy atom. The van der Waals surface area contributed by atoms with Crippen LogP contribution in [0.1, 0.15) is 18.6 Å². The minimum absolute atomic E-state index is 0.184. The molecule has 1 aromatic heterocycles. The number of ether oxygens (including phenoxy) is 2. The molecule has 102 valence electrons. The van der Waals surface area contributed by atoms with Crippen molar-refractivity contribution >= 4 is 16.9 Å². The Kier molecular flexibility index (Phi) is 4.06. The fraction of sp³-hybridized carbons (Fsp3) is 0.357. The third kappa shape index (κ3) is 2.71. The van der Waals surface area contributed by atoms with Crippen LogP contribution in [0, 0.1) is 0 Å². The molecule has 0 saturated carbocycles. The molecule has 2 aromatic rings. The van der Waals surface area contributed by atoms with E-state index < -0.39 is 0 Å². The van der Waals surface area contributed by atoms with Crippen molar-refractivity contribution in [1.29, 1.82) is 0 Å². The van der Waals surface area contributed by atoms with Gasteiger partial charge in [-0.3, -0.25) is 4.79 Å². The van der Waals surface area contributed by atoms with Gasteiger partial charge in [0, 0.05) is 25.0 Å². The molecule has 5 nitrogen and oxygen atoms in total. The van der Waals surface area contributed by atoms with Crippen LogP contribution in [0.3, 0.4) is 0 Å². The fourth-order valence-corrected chi connectivity index (χ4v) is 2.06. The van der Waals surface area contributed by atoms with Crippen LogP contribution >= 0.6 is 0 Å². The van der Waals surface area contributed by atoms with Crippen molar-refractivity contribution in [2.45, 2.75) is 13.0 Å². The average molecular weight is 263 g/mol. The predicted molar refractivity (Wildman–Crippen MR) is 70.8 cm³/mol. The van der Waals surface area contributed by atoms with Crippen molar-refractivity contribution in [1.82, 2.24) is 4.73 Å². The van der Waals surface area contributed by atoms with E-state index in [1.807, 2.05) is 30.5 Å². The van der Waals surface area contributed by atoms with E-state index in [1.165, 1.54) is 6.92 Å². The molecule has 1 aromatic carbocycles. The normalized spacial score (nSPS) is 12.4. The maximum absolute atomic E-state index is 10.9. The quantitative estimate of drug-likeness (QED) is 0.774. The van der Waals surface area contributed by atoms with Gasteiger partial charge >= 0.3 is 5.97 Å². The maximum atomic E-state index is 10.9. The van der Waals surface area contributed by atoms with Gasteiger partial charge in [-0.05, 0) is 6.07 Å². The fourth-order valence-electron chi connectivity index (χ4n) is 2.06. The Hall–Kier alpha value is -2.01. The summed E-state index contributed by atoms with van der Waals surface area (Å²) in [4.78, 5) is 16.2. The molecule has 1 heterocycles. The minimum atomic E-state index is -0.322. The molecule has 0 spiro atoms. The van der Waals surface area contributed by atoms with Crippen LogP contribution in [0.15, 0.2) is 30.5 Å². The van der Waals surface area contributed by atoms with Crippen LogP contribution < -0.4 is 4.84 Å². The smallest absolute Gasteiger partial charge is 0.302 e. The second kappa shape index (κ2) is 5.75. The van der Waals surface area contributed by atoms with Gasteiger partial charge in [-0.1, -0.05) is 18.2 Å². The van der Waals surface area contributed by atoms with Crippen molar-refractivity contribution in [2.75, 3.05) is 20.8 Å². The van der Waals surface area contributed by atoms with Crippen molar-refractivity contribution in [3.8, 4) is 0 Å². The van der Waals surface area contributed by atoms with Crippen molar-refractivity contribution in [2.24, 2.45) is 0 Å². The van der Waals surface area contributed by atoms with Crippen LogP contribution in [0.25, 0.3) is 10.9 Å². The van der Waals surface area contributed by atoms with Gasteiger partial charge in [-0.2, -0.15) is 4.73 Å². The van der Waals surface area contributed by atoms with E-state index >= 15 is 0 Å². The molecule has 0 aliphatic heterocycles. The van der Waals surface area contributed by atoms with Crippen LogP contribution in [-0.4, -0.2) is 31.5 Å². The zero-order valence-electron chi connectivity index (χ0n) is 11.3. The summed E-state index contributed by atoms with van der Waals surface area (Å²) in [6.45, 7) is 1.56. The first-order valence-electron chi connectivity index (χ1n) is 5.98. The lowest BCUT2D eigenvalue weighted by atomic mass is 10.1. The van der Waals surface area contributed by atoms with Gasteiger partial charge in [-0.15, -0.1) is 0 Å². The predicted octanol–water partition coefficient (Wildman–Crippen LogP) is 1.95. The van der Waals surface area contributed by atoms with Gasteiger partial charge < -0.3 is 14.3 Å². The number of aromatic nitrogens is 1. The summed E-state index contributed by atoms with van der Waals surface area (Å²) in [6.07, 6.45) is 1.53. The zero-order valence-corrected chi connectivity index (χ0v) is 11.3. The zero-order chi connectivity index (χ0) is 13.8. The number of methoxy groups -OCH3 is 1. The van der Waals surface area contributed by atoms with E-state index in [0.29, 0.717) is 0 Å². The maximum Gasteiger partial charge on any atom is 0.302 e. The summed E-state index contributed by atoms with van der Waals surface area (Å²) >= 11 is 0. The number of benzene rings is 1. The molecule has 1 atom stereocenters. The van der Waals surface area contributed by atoms with Gasteiger partial charge in [0.2, 0.25) is 0 Å². The lowest BCUT2D eigenvalue weighted by Crippen LogP contribution is -2.12. The van der Waals surface area contributed by atoms with Gasteiger partial charge in [0.05, 0.1) is 11.7 Å². The first-order chi connectivity index (χ1) is 9.17. The monoisotopic (exact) mass is 263 g/mol. The summed E-state index contributed by atoms with van der Waals surface area (Å²) in [5.41, 5.74) is 1.88. The van der Waals surface area contributed by atoms with E-state index in [0.717, 1.165) is 16.5 Å². The van der Waals surface area contributed by atoms with Gasteiger partial charge in [0.25, 0.3) is 0 Å². The lowest BCUT2D eigenvalue weighted by Gasteiger charge is -2.14. The third-order valence-electron chi connectivity index (χ3n) is 2.97. The lowest BCUT2D eigenvalue weighted by molar-refractivity contribution is -0.144. The minimum Gasteiger partial charge on any atom is -0.463 e. The number of hydrogen-bond acceptors (Lipinski definition) is 4. The second-order valence-electron chi connectivity index (χ2n) is 4.14. The average Bonchev–Trinajstić information content (AvgIpc) is 2.78. The Labute approximate surface area is 111 Å². The number of fused-ring (bicyclic) bond motifs is 1. The SMILES string of the molecule is COC(COC(C)=O)c1cn(OC)c2ccccc12. The number of carbonyl (C=O) groups is 1. The van der Waals surface area contributed by atoms with Crippen LogP contribution in [0.2, 0.25) is 0 Å². The summed E-state index contributed by atoms with van der Waals surface area (Å²) in [6, 6.07) is 7.83. The largest absolute Gasteiger partial charge is 0.463 e. The Bertz CT molecular complexity index is 576. The van der Waals surface area contributed by atoms with Crippen molar-refractivity contribution in [3.05, 3.63) is 36.0 Å². The second-order valence-corrected chi connectivity index (χ2v) is 4.14. The first-order valence-corrected chi connectivity index (χ1v) is 5.98. The standard InChI is InChI=1S/C14H17NO4/c1-10(16)19-9-14(17-2)12-8-15(18-3)13-7-5-4-6-11(12)13/h4-8,14H,9H2,1-3H3. The number of para-hydroxylation sites is 1. The van der Waals surface area contributed by atoms with Gasteiger partial charge in [-0.25, -0.2) is 0 Å². The number of nitrogens with zero attached hydrogens (tertiary/aromatic N) is 1. The molecule has 1 unspecified atom stereocenters. The molecule has 0 bridgehead atoms. The molecule has 0 aliphatic carbocycles. The first kappa shape index (κ1) is 13.4. The molecule has 0 N–H and O–H groups in total. The highest BCUT2D eigenvalue weighted by molar-refractivity contribution is 5.84. The molecule has 0 fully saturated rings. The topological polar surface area (TPSA) is 49.7 Å². The number of hydrogen-bond donors (Lipinski definition) is 0. The van der Waals surface area contributed by atoms with E-state index in [4.69, 9.17) is 14.3 Å². The molecule has 0 radical (unpaired) electrons. The van der Waals surface area contributed by atoms with Crippen LogP contribution in [0.4, 0.5) is 0 Å². The van der Waals surface area contributed by atoms with Crippen LogP contribution in [-0.2, 0) is 14.3 Å². The van der Waals surface area contributed by atoms with E-state index in [9.17, 15) is 4.79 Å². The highest BCUT2D eigenvalue weighted by atomic mass is 16.6. The molecule has 0 amide bonds. The van der Waals surface area contributed by atoms with Crippen molar-refractivity contribution < 1.29 is 19.1 Å². The molecular formula is C14H17NO4. The number of carbonyl (C=O) groups excluding carboxylic acids is 1. The highest BCUT2D eigenvalue weighted by Gasteiger charge is 2.19. The van der Waals surface area contributed by atoms with Gasteiger partial charge in [0.15, 0.2) is 0 Å². The molecule has 0 aliphatic rings. The van der Waals surface area contributed by atoms with Crippen molar-refractivity contribution in [3.63, 3.8) is 0 Å². The summed E-state index contributed by atoms with van der Waals surface area (Å²) in [5, 5.41) is 1.02. The Morgan fingerprint density at radius 3 is 2.68 bits per heavy atom. The molecule has 19 heavy (non-hydrogen) atoms. The summed E-state index contributed by atoms with van der Waals surface area (Å²) in [5.74, 6) is -0.322. The van der Waals surface area contributed by atoms with Gasteiger partial charge in [0.1, 0.15) is 19.8 Å². The molecule has 5 heteroatoms. The summed E-state index contributed by atoms with van der Waals surface area (Å²) in [7, 11) is 3.19. The number of rotatable bonds is 5. The Morgan fingerprint density at radius 2 is 2.05 bits per heavy atom. The van der Waals surface area contributed by atoms with E-state index in [-0.39, 0.29) is 18.7 Å². The summed E-state index contributed by atoms with van der Waals surface area (Å²) < 4.78 is 12.1. The molecule has 0 saturated heterocycles. The molecular weight excluding hydrogens is 246 g/mol. The van der Waals surface area contributed by atoms with Crippen LogP contribution in [0.5, 0.6) is 0 Å². The molecule has 2 rings (SSSR count). The highest BCUT2D eigenvalue weighted by Crippen LogP contribution is 2.28. The third-order valence-corrected chi connectivity index (χ3v) is 2.97. The van der Waals surface area contributed by atoms with E-state index in [2.05, 4.69) is 0 Å². The van der Waals surface area contributed by atoms with E-state index in [1.54, 1.807) is 19.0 Å². The number of esters is 1. The Balaban J connectivity index is 2.39.